The Bertz CT molecular complexity index is 176. The number of hydrogen-bond acceptors (Lipinski definition) is 4. The maximum Gasteiger partial charge on any atom is 0.147 e. The normalized spacial score (nSPS) is 43.8. The van der Waals surface area contributed by atoms with E-state index in [2.05, 4.69) is 6.92 Å². The highest BCUT2D eigenvalue weighted by molar-refractivity contribution is 4.94. The molecule has 0 amide bonds. The van der Waals surface area contributed by atoms with Crippen molar-refractivity contribution >= 4 is 0 Å². The molecule has 0 radical (unpaired) electrons. The number of ether oxygens (including phenoxy) is 3. The van der Waals surface area contributed by atoms with Crippen molar-refractivity contribution in [1.29, 1.82) is 0 Å². The summed E-state index contributed by atoms with van der Waals surface area (Å²) in [5, 5.41) is 8.81. The van der Waals surface area contributed by atoms with Crippen LogP contribution in [0.3, 0.4) is 0 Å². The Morgan fingerprint density at radius 3 is 2.77 bits per heavy atom. The summed E-state index contributed by atoms with van der Waals surface area (Å²) in [5.41, 5.74) is -0.158. The molecule has 2 fully saturated rings. The minimum atomic E-state index is -0.158. The van der Waals surface area contributed by atoms with E-state index in [9.17, 15) is 0 Å². The van der Waals surface area contributed by atoms with Crippen LogP contribution in [-0.4, -0.2) is 42.9 Å². The van der Waals surface area contributed by atoms with E-state index >= 15 is 0 Å². The van der Waals surface area contributed by atoms with Gasteiger partial charge in [-0.3, -0.25) is 0 Å². The molecular formula is C9H16O4. The largest absolute Gasteiger partial charge is 0.394 e. The molecule has 0 aliphatic carbocycles. The van der Waals surface area contributed by atoms with Gasteiger partial charge in [-0.15, -0.1) is 0 Å². The molecule has 0 spiro atoms. The lowest BCUT2D eigenvalue weighted by Gasteiger charge is -2.23. The monoisotopic (exact) mass is 188 g/mol. The second-order valence-corrected chi connectivity index (χ2v) is 3.75. The summed E-state index contributed by atoms with van der Waals surface area (Å²) in [5.74, 6) is 0. The van der Waals surface area contributed by atoms with Crippen molar-refractivity contribution in [2.24, 2.45) is 0 Å². The first-order valence-electron chi connectivity index (χ1n) is 4.78. The Morgan fingerprint density at radius 1 is 1.46 bits per heavy atom. The molecule has 0 aromatic heterocycles. The van der Waals surface area contributed by atoms with Gasteiger partial charge in [0, 0.05) is 6.42 Å². The highest BCUT2D eigenvalue weighted by Crippen LogP contribution is 2.35. The Kier molecular flexibility index (Phi) is 2.55. The van der Waals surface area contributed by atoms with Crippen molar-refractivity contribution in [1.82, 2.24) is 0 Å². The van der Waals surface area contributed by atoms with Gasteiger partial charge in [0.25, 0.3) is 0 Å². The lowest BCUT2D eigenvalue weighted by atomic mass is 9.95. The van der Waals surface area contributed by atoms with Crippen molar-refractivity contribution in [3.63, 3.8) is 0 Å². The quantitative estimate of drug-likeness (QED) is 0.644. The molecule has 0 bridgehead atoms. The minimum Gasteiger partial charge on any atom is -0.394 e. The molecule has 1 N–H and O–H groups in total. The molecule has 2 saturated heterocycles. The Morgan fingerprint density at radius 2 is 2.31 bits per heavy atom. The number of aliphatic hydroxyl groups is 1. The smallest absolute Gasteiger partial charge is 0.147 e. The zero-order valence-electron chi connectivity index (χ0n) is 7.86. The van der Waals surface area contributed by atoms with Crippen molar-refractivity contribution < 1.29 is 19.3 Å². The average molecular weight is 188 g/mol. The Balaban J connectivity index is 1.84. The molecule has 2 heterocycles. The highest BCUT2D eigenvalue weighted by Gasteiger charge is 2.46. The zero-order chi connectivity index (χ0) is 9.31. The van der Waals surface area contributed by atoms with E-state index in [1.807, 2.05) is 0 Å². The first-order valence-corrected chi connectivity index (χ1v) is 4.78. The second-order valence-electron chi connectivity index (χ2n) is 3.75. The number of epoxide rings is 1. The van der Waals surface area contributed by atoms with Gasteiger partial charge in [-0.2, -0.15) is 0 Å². The van der Waals surface area contributed by atoms with Crippen LogP contribution in [0.5, 0.6) is 0 Å². The molecule has 0 aromatic carbocycles. The summed E-state index contributed by atoms with van der Waals surface area (Å²) in [6, 6.07) is 0. The molecular weight excluding hydrogens is 172 g/mol. The van der Waals surface area contributed by atoms with Crippen LogP contribution in [0.1, 0.15) is 19.8 Å². The summed E-state index contributed by atoms with van der Waals surface area (Å²) in [7, 11) is 0. The molecule has 2 aliphatic rings. The van der Waals surface area contributed by atoms with Gasteiger partial charge in [-0.1, -0.05) is 6.92 Å². The van der Waals surface area contributed by atoms with Crippen LogP contribution in [0, 0.1) is 0 Å². The van der Waals surface area contributed by atoms with Crippen LogP contribution < -0.4 is 0 Å². The third-order valence-electron chi connectivity index (χ3n) is 2.90. The van der Waals surface area contributed by atoms with E-state index in [1.54, 1.807) is 0 Å². The fourth-order valence-corrected chi connectivity index (χ4v) is 1.79. The Labute approximate surface area is 77.8 Å². The van der Waals surface area contributed by atoms with Crippen molar-refractivity contribution in [3.05, 3.63) is 0 Å². The van der Waals surface area contributed by atoms with Crippen molar-refractivity contribution in [2.75, 3.05) is 20.0 Å². The topological polar surface area (TPSA) is 51.2 Å². The molecule has 3 atom stereocenters. The van der Waals surface area contributed by atoms with E-state index in [0.29, 0.717) is 13.4 Å². The van der Waals surface area contributed by atoms with Crippen LogP contribution in [0.2, 0.25) is 0 Å². The van der Waals surface area contributed by atoms with Gasteiger partial charge in [0.1, 0.15) is 12.9 Å². The fraction of sp³-hybridized carbons (Fsp3) is 1.00. The van der Waals surface area contributed by atoms with Gasteiger partial charge in [-0.25, -0.2) is 0 Å². The van der Waals surface area contributed by atoms with E-state index in [-0.39, 0.29) is 24.4 Å². The SMILES string of the molecule is CCC1(CC2OC2CO)COCO1. The number of rotatable bonds is 4. The van der Waals surface area contributed by atoms with Gasteiger partial charge in [0.05, 0.1) is 24.9 Å². The summed E-state index contributed by atoms with van der Waals surface area (Å²) in [6.07, 6.45) is 1.99. The van der Waals surface area contributed by atoms with Crippen LogP contribution in [-0.2, 0) is 14.2 Å². The van der Waals surface area contributed by atoms with Gasteiger partial charge >= 0.3 is 0 Å². The lowest BCUT2D eigenvalue weighted by molar-refractivity contribution is -0.0192. The van der Waals surface area contributed by atoms with E-state index < -0.39 is 0 Å². The first-order chi connectivity index (χ1) is 6.29. The molecule has 2 rings (SSSR count). The van der Waals surface area contributed by atoms with Crippen LogP contribution in [0.4, 0.5) is 0 Å². The predicted molar refractivity (Wildman–Crippen MR) is 45.3 cm³/mol. The van der Waals surface area contributed by atoms with Gasteiger partial charge < -0.3 is 19.3 Å². The molecule has 4 heteroatoms. The van der Waals surface area contributed by atoms with Crippen molar-refractivity contribution in [3.8, 4) is 0 Å². The first kappa shape index (κ1) is 9.40. The average Bonchev–Trinajstić information content (AvgIpc) is 2.72. The van der Waals surface area contributed by atoms with E-state index in [0.717, 1.165) is 12.8 Å². The van der Waals surface area contributed by atoms with Crippen LogP contribution in [0.25, 0.3) is 0 Å². The summed E-state index contributed by atoms with van der Waals surface area (Å²) >= 11 is 0. The third-order valence-corrected chi connectivity index (χ3v) is 2.90. The fourth-order valence-electron chi connectivity index (χ4n) is 1.79. The lowest BCUT2D eigenvalue weighted by Crippen LogP contribution is -2.33. The molecule has 0 saturated carbocycles. The summed E-state index contributed by atoms with van der Waals surface area (Å²) < 4.78 is 16.0. The maximum atomic E-state index is 8.81. The zero-order valence-corrected chi connectivity index (χ0v) is 7.86. The van der Waals surface area contributed by atoms with Crippen molar-refractivity contribution in [2.45, 2.75) is 37.6 Å². The predicted octanol–water partition coefficient (Wildman–Crippen LogP) is 0.289. The summed E-state index contributed by atoms with van der Waals surface area (Å²) in [6.45, 7) is 3.25. The Hall–Kier alpha value is -0.160. The van der Waals surface area contributed by atoms with Gasteiger partial charge in [0.2, 0.25) is 0 Å². The van der Waals surface area contributed by atoms with Gasteiger partial charge in [0.15, 0.2) is 0 Å². The number of aliphatic hydroxyl groups excluding tert-OH is 1. The van der Waals surface area contributed by atoms with E-state index in [4.69, 9.17) is 19.3 Å². The second kappa shape index (κ2) is 3.53. The molecule has 0 aromatic rings. The molecule has 3 unspecified atom stereocenters. The van der Waals surface area contributed by atoms with E-state index in [1.165, 1.54) is 0 Å². The van der Waals surface area contributed by atoms with Gasteiger partial charge in [-0.05, 0) is 6.42 Å². The minimum absolute atomic E-state index is 0.0348. The molecule has 76 valence electrons. The highest BCUT2D eigenvalue weighted by atomic mass is 16.7. The summed E-state index contributed by atoms with van der Waals surface area (Å²) in [4.78, 5) is 0. The standard InChI is InChI=1S/C9H16O4/c1-2-9(5-11-6-12-9)3-7-8(4-10)13-7/h7-8,10H,2-6H2,1H3. The third kappa shape index (κ3) is 1.86. The van der Waals surface area contributed by atoms with Crippen LogP contribution in [0.15, 0.2) is 0 Å². The maximum absolute atomic E-state index is 8.81. The molecule has 2 aliphatic heterocycles. The molecule has 13 heavy (non-hydrogen) atoms. The van der Waals surface area contributed by atoms with Crippen LogP contribution >= 0.6 is 0 Å². The number of hydrogen-bond donors (Lipinski definition) is 1. The molecule has 4 nitrogen and oxygen atoms in total.